The Balaban J connectivity index is 2.28. The second-order valence-corrected chi connectivity index (χ2v) is 9.37. The average Bonchev–Trinajstić information content (AvgIpc) is 2.73. The Morgan fingerprint density at radius 3 is 1.35 bits per heavy atom. The number of methoxy groups -OCH3 is 1. The quantitative estimate of drug-likeness (QED) is 0.384. The largest absolute Gasteiger partial charge is 0.463 e. The minimum Gasteiger partial charge on any atom is -0.463 e. The first-order valence-corrected chi connectivity index (χ1v) is 10.3. The van der Waals surface area contributed by atoms with Crippen LogP contribution < -0.4 is 15.9 Å². The van der Waals surface area contributed by atoms with E-state index in [4.69, 9.17) is 4.74 Å². The molecule has 26 heavy (non-hydrogen) atoms. The molecule has 0 saturated carbocycles. The number of carbonyl (C=O) groups excluding carboxylic acids is 2. The van der Waals surface area contributed by atoms with Gasteiger partial charge in [-0.15, -0.1) is 0 Å². The zero-order valence-corrected chi connectivity index (χ0v) is 15.4. The maximum absolute atomic E-state index is 12.7. The lowest BCUT2D eigenvalue weighted by atomic mass is 10.3. The molecule has 3 nitrogen and oxygen atoms in total. The Morgan fingerprint density at radius 2 is 1.04 bits per heavy atom. The summed E-state index contributed by atoms with van der Waals surface area (Å²) in [7, 11) is -1.08. The van der Waals surface area contributed by atoms with Gasteiger partial charge in [-0.3, -0.25) is 4.79 Å². The van der Waals surface area contributed by atoms with E-state index in [1.165, 1.54) is 7.11 Å². The number of ether oxygens (including phenoxy) is 1. The van der Waals surface area contributed by atoms with Crippen LogP contribution in [0.5, 0.6) is 0 Å². The van der Waals surface area contributed by atoms with Gasteiger partial charge in [-0.05, 0) is 36.4 Å². The fraction of sp³-hybridized carbons (Fsp3) is 0.0909. The Hall–Kier alpha value is -2.77. The third-order valence-corrected chi connectivity index (χ3v) is 8.69. The predicted octanol–water partition coefficient (Wildman–Crippen LogP) is 2.72. The summed E-state index contributed by atoms with van der Waals surface area (Å²) in [6.07, 6.45) is 0.109. The summed E-state index contributed by atoms with van der Waals surface area (Å²) in [6, 6.07) is 29.9. The van der Waals surface area contributed by atoms with Gasteiger partial charge in [-0.2, -0.15) is 0 Å². The molecule has 0 spiro atoms. The molecule has 0 unspecified atom stereocenters. The van der Waals surface area contributed by atoms with Crippen LogP contribution in [0, 0.1) is 0 Å². The van der Waals surface area contributed by atoms with Gasteiger partial charge in [-0.25, -0.2) is 4.79 Å². The molecule has 3 aromatic rings. The summed E-state index contributed by atoms with van der Waals surface area (Å²) in [6.45, 7) is 0. The molecular weight excluding hydrogens is 343 g/mol. The monoisotopic (exact) mass is 363 g/mol. The Bertz CT molecular complexity index is 780. The molecule has 0 atom stereocenters. The lowest BCUT2D eigenvalue weighted by Gasteiger charge is -2.26. The lowest BCUT2D eigenvalue weighted by Crippen LogP contribution is -2.37. The maximum Gasteiger partial charge on any atom is 0.378 e. The molecule has 0 aliphatic rings. The van der Waals surface area contributed by atoms with Crippen molar-refractivity contribution in [2.24, 2.45) is 0 Å². The van der Waals surface area contributed by atoms with Gasteiger partial charge in [0, 0.05) is 0 Å². The second kappa shape index (κ2) is 8.07. The van der Waals surface area contributed by atoms with Crippen molar-refractivity contribution in [1.29, 1.82) is 0 Å². The molecule has 0 N–H and O–H groups in total. The Labute approximate surface area is 154 Å². The first-order chi connectivity index (χ1) is 12.7. The lowest BCUT2D eigenvalue weighted by molar-refractivity contribution is -0.150. The van der Waals surface area contributed by atoms with Gasteiger partial charge in [0.15, 0.2) is 0 Å². The van der Waals surface area contributed by atoms with Crippen molar-refractivity contribution >= 4 is 34.9 Å². The van der Waals surface area contributed by atoms with Crippen molar-refractivity contribution in [1.82, 2.24) is 0 Å². The topological polar surface area (TPSA) is 43.4 Å². The van der Waals surface area contributed by atoms with Gasteiger partial charge in [-0.1, -0.05) is 54.6 Å². The van der Waals surface area contributed by atoms with Crippen LogP contribution in [0.1, 0.15) is 0 Å². The summed E-state index contributed by atoms with van der Waals surface area (Å²) in [5.41, 5.74) is 0. The molecule has 4 heteroatoms. The molecule has 0 saturated heterocycles. The number of ketones is 1. The molecule has 0 aliphatic heterocycles. The van der Waals surface area contributed by atoms with E-state index in [1.807, 2.05) is 91.0 Å². The van der Waals surface area contributed by atoms with E-state index in [1.54, 1.807) is 0 Å². The molecular formula is C22H20O3P+. The molecule has 0 aliphatic carbocycles. The average molecular weight is 363 g/mol. The highest BCUT2D eigenvalue weighted by Gasteiger charge is 2.48. The highest BCUT2D eigenvalue weighted by molar-refractivity contribution is 7.96. The molecule has 0 amide bonds. The highest BCUT2D eigenvalue weighted by atomic mass is 31.2. The third kappa shape index (κ3) is 3.44. The van der Waals surface area contributed by atoms with Crippen LogP contribution in [0.2, 0.25) is 0 Å². The fourth-order valence-electron chi connectivity index (χ4n) is 3.16. The van der Waals surface area contributed by atoms with Gasteiger partial charge in [0.1, 0.15) is 29.3 Å². The smallest absolute Gasteiger partial charge is 0.378 e. The first-order valence-electron chi connectivity index (χ1n) is 8.34. The molecule has 0 heterocycles. The summed E-state index contributed by atoms with van der Waals surface area (Å²) in [4.78, 5) is 24.6. The first kappa shape index (κ1) is 18.0. The van der Waals surface area contributed by atoms with Crippen LogP contribution in [0.4, 0.5) is 0 Å². The van der Waals surface area contributed by atoms with E-state index in [2.05, 4.69) is 0 Å². The van der Waals surface area contributed by atoms with Gasteiger partial charge >= 0.3 is 5.97 Å². The summed E-state index contributed by atoms with van der Waals surface area (Å²) < 4.78 is 4.69. The van der Waals surface area contributed by atoms with Crippen molar-refractivity contribution in [3.8, 4) is 0 Å². The standard InChI is InChI=1S/C22H20O3P/c1-25-22(24)21(23)17-26(18-11-5-2-6-12-18,19-13-7-3-8-14-19)20-15-9-4-10-16-20/h2-16H,17H2,1H3/q+1. The minimum absolute atomic E-state index is 0.109. The molecule has 0 fully saturated rings. The molecule has 0 radical (unpaired) electrons. The van der Waals surface area contributed by atoms with E-state index < -0.39 is 19.0 Å². The van der Waals surface area contributed by atoms with Crippen molar-refractivity contribution in [3.63, 3.8) is 0 Å². The number of hydrogen-bond donors (Lipinski definition) is 0. The molecule has 3 rings (SSSR count). The van der Waals surface area contributed by atoms with Crippen LogP contribution in [0.3, 0.4) is 0 Å². The fourth-order valence-corrected chi connectivity index (χ4v) is 7.21. The van der Waals surface area contributed by atoms with Crippen molar-refractivity contribution in [2.45, 2.75) is 0 Å². The zero-order chi connectivity index (χ0) is 18.4. The SMILES string of the molecule is COC(=O)C(=O)C[P+](c1ccccc1)(c1ccccc1)c1ccccc1. The highest BCUT2D eigenvalue weighted by Crippen LogP contribution is 2.55. The van der Waals surface area contributed by atoms with E-state index in [-0.39, 0.29) is 6.16 Å². The van der Waals surface area contributed by atoms with E-state index in [0.717, 1.165) is 15.9 Å². The maximum atomic E-state index is 12.7. The summed E-state index contributed by atoms with van der Waals surface area (Å²) in [5.74, 6) is -1.30. The summed E-state index contributed by atoms with van der Waals surface area (Å²) >= 11 is 0. The van der Waals surface area contributed by atoms with Gasteiger partial charge < -0.3 is 4.74 Å². The number of hydrogen-bond acceptors (Lipinski definition) is 3. The number of rotatable bonds is 6. The van der Waals surface area contributed by atoms with Crippen molar-refractivity contribution in [3.05, 3.63) is 91.0 Å². The Kier molecular flexibility index (Phi) is 5.60. The number of esters is 1. The van der Waals surface area contributed by atoms with Crippen LogP contribution in [0.15, 0.2) is 91.0 Å². The van der Waals surface area contributed by atoms with Crippen LogP contribution >= 0.6 is 7.26 Å². The van der Waals surface area contributed by atoms with Crippen LogP contribution in [-0.4, -0.2) is 25.0 Å². The number of benzene rings is 3. The van der Waals surface area contributed by atoms with Gasteiger partial charge in [0.25, 0.3) is 5.78 Å². The van der Waals surface area contributed by atoms with Crippen LogP contribution in [0.25, 0.3) is 0 Å². The second-order valence-electron chi connectivity index (χ2n) is 5.89. The van der Waals surface area contributed by atoms with Crippen LogP contribution in [-0.2, 0) is 14.3 Å². The predicted molar refractivity (Wildman–Crippen MR) is 107 cm³/mol. The van der Waals surface area contributed by atoms with Crippen molar-refractivity contribution in [2.75, 3.05) is 13.3 Å². The normalized spacial score (nSPS) is 11.0. The van der Waals surface area contributed by atoms with E-state index in [9.17, 15) is 9.59 Å². The Morgan fingerprint density at radius 1 is 0.692 bits per heavy atom. The van der Waals surface area contributed by atoms with Crippen molar-refractivity contribution < 1.29 is 14.3 Å². The number of Topliss-reactive ketones (excluding diaryl/α,β-unsaturated/α-hetero) is 1. The zero-order valence-electron chi connectivity index (χ0n) is 14.5. The van der Waals surface area contributed by atoms with Gasteiger partial charge in [0.2, 0.25) is 0 Å². The van der Waals surface area contributed by atoms with E-state index in [0.29, 0.717) is 0 Å². The molecule has 0 bridgehead atoms. The molecule has 3 aromatic carbocycles. The molecule has 0 aromatic heterocycles. The van der Waals surface area contributed by atoms with Gasteiger partial charge in [0.05, 0.1) is 7.11 Å². The summed E-state index contributed by atoms with van der Waals surface area (Å²) in [5, 5.41) is 3.19. The minimum atomic E-state index is -2.33. The third-order valence-electron chi connectivity index (χ3n) is 4.38. The molecule has 130 valence electrons. The number of carbonyl (C=O) groups is 2. The van der Waals surface area contributed by atoms with E-state index >= 15 is 0 Å².